The standard InChI is InChI=1S/C15H23N3O3/c1-15(2,13(19)17-7-4-10-21-3)14(20)18-11-12-5-8-16-9-6-12/h5-6,8-9H,4,7,10-11H2,1-3H3,(H,17,19)(H,18,20). The van der Waals surface area contributed by atoms with Crippen LogP contribution >= 0.6 is 0 Å². The van der Waals surface area contributed by atoms with Crippen LogP contribution in [0.1, 0.15) is 25.8 Å². The summed E-state index contributed by atoms with van der Waals surface area (Å²) in [7, 11) is 1.61. The quantitative estimate of drug-likeness (QED) is 0.551. The van der Waals surface area contributed by atoms with Gasteiger partial charge in [-0.3, -0.25) is 14.6 Å². The van der Waals surface area contributed by atoms with Crippen molar-refractivity contribution in [1.29, 1.82) is 0 Å². The van der Waals surface area contributed by atoms with Gasteiger partial charge in [-0.2, -0.15) is 0 Å². The van der Waals surface area contributed by atoms with E-state index in [4.69, 9.17) is 4.74 Å². The molecule has 0 aliphatic heterocycles. The summed E-state index contributed by atoms with van der Waals surface area (Å²) >= 11 is 0. The molecule has 0 saturated heterocycles. The number of carbonyl (C=O) groups is 2. The van der Waals surface area contributed by atoms with Crippen LogP contribution < -0.4 is 10.6 Å². The number of rotatable bonds is 8. The van der Waals surface area contributed by atoms with Gasteiger partial charge in [0, 0.05) is 39.2 Å². The molecule has 0 bridgehead atoms. The van der Waals surface area contributed by atoms with Crippen molar-refractivity contribution < 1.29 is 14.3 Å². The second kappa shape index (κ2) is 8.36. The zero-order valence-electron chi connectivity index (χ0n) is 12.8. The lowest BCUT2D eigenvalue weighted by Crippen LogP contribution is -2.47. The lowest BCUT2D eigenvalue weighted by atomic mass is 9.91. The number of nitrogens with zero attached hydrogens (tertiary/aromatic N) is 1. The third-order valence-electron chi connectivity index (χ3n) is 3.15. The fraction of sp³-hybridized carbons (Fsp3) is 0.533. The second-order valence-corrected chi connectivity index (χ2v) is 5.27. The first-order valence-electron chi connectivity index (χ1n) is 6.93. The van der Waals surface area contributed by atoms with Gasteiger partial charge in [-0.25, -0.2) is 0 Å². The minimum atomic E-state index is -1.11. The lowest BCUT2D eigenvalue weighted by molar-refractivity contribution is -0.141. The van der Waals surface area contributed by atoms with E-state index in [1.165, 1.54) is 0 Å². The second-order valence-electron chi connectivity index (χ2n) is 5.27. The highest BCUT2D eigenvalue weighted by atomic mass is 16.5. The maximum absolute atomic E-state index is 12.2. The highest BCUT2D eigenvalue weighted by Gasteiger charge is 2.35. The van der Waals surface area contributed by atoms with Crippen LogP contribution in [-0.2, 0) is 20.9 Å². The first-order valence-corrected chi connectivity index (χ1v) is 6.93. The molecule has 2 amide bonds. The maximum atomic E-state index is 12.2. The van der Waals surface area contributed by atoms with Crippen molar-refractivity contribution in [2.45, 2.75) is 26.8 Å². The van der Waals surface area contributed by atoms with Crippen molar-refractivity contribution in [3.05, 3.63) is 30.1 Å². The Labute approximate surface area is 125 Å². The van der Waals surface area contributed by atoms with Crippen LogP contribution in [0.3, 0.4) is 0 Å². The fourth-order valence-corrected chi connectivity index (χ4v) is 1.65. The Morgan fingerprint density at radius 3 is 2.43 bits per heavy atom. The molecule has 0 aliphatic carbocycles. The molecule has 6 nitrogen and oxygen atoms in total. The van der Waals surface area contributed by atoms with Gasteiger partial charge in [-0.1, -0.05) is 0 Å². The molecule has 0 fully saturated rings. The van der Waals surface area contributed by atoms with E-state index in [0.29, 0.717) is 19.7 Å². The molecule has 2 N–H and O–H groups in total. The average molecular weight is 293 g/mol. The third kappa shape index (κ3) is 5.51. The number of pyridine rings is 1. The summed E-state index contributed by atoms with van der Waals surface area (Å²) in [5.41, 5.74) is -0.172. The van der Waals surface area contributed by atoms with Gasteiger partial charge in [0.2, 0.25) is 11.8 Å². The van der Waals surface area contributed by atoms with Crippen molar-refractivity contribution in [2.75, 3.05) is 20.3 Å². The molecule has 0 atom stereocenters. The molecule has 1 aromatic heterocycles. The number of carbonyl (C=O) groups excluding carboxylic acids is 2. The van der Waals surface area contributed by atoms with E-state index < -0.39 is 5.41 Å². The molecule has 0 aliphatic rings. The highest BCUT2D eigenvalue weighted by molar-refractivity contribution is 6.04. The van der Waals surface area contributed by atoms with Crippen LogP contribution in [0.5, 0.6) is 0 Å². The minimum absolute atomic E-state index is 0.286. The Balaban J connectivity index is 2.44. The molecule has 116 valence electrons. The molecule has 0 saturated carbocycles. The summed E-state index contributed by atoms with van der Waals surface area (Å²) in [6.45, 7) is 4.67. The zero-order valence-corrected chi connectivity index (χ0v) is 12.8. The van der Waals surface area contributed by atoms with Gasteiger partial charge in [0.25, 0.3) is 0 Å². The summed E-state index contributed by atoms with van der Waals surface area (Å²) in [6.07, 6.45) is 4.04. The first kappa shape index (κ1) is 17.1. The van der Waals surface area contributed by atoms with Crippen LogP contribution in [0.15, 0.2) is 24.5 Å². The summed E-state index contributed by atoms with van der Waals surface area (Å²) in [5.74, 6) is -0.589. The molecular formula is C15H23N3O3. The Bertz CT molecular complexity index is 460. The van der Waals surface area contributed by atoms with Crippen LogP contribution in [0.2, 0.25) is 0 Å². The Morgan fingerprint density at radius 2 is 1.81 bits per heavy atom. The van der Waals surface area contributed by atoms with E-state index in [2.05, 4.69) is 15.6 Å². The van der Waals surface area contributed by atoms with Crippen LogP contribution in [0.4, 0.5) is 0 Å². The maximum Gasteiger partial charge on any atom is 0.235 e. The molecule has 0 spiro atoms. The van der Waals surface area contributed by atoms with Crippen LogP contribution in [-0.4, -0.2) is 37.1 Å². The van der Waals surface area contributed by atoms with Crippen molar-refractivity contribution in [1.82, 2.24) is 15.6 Å². The monoisotopic (exact) mass is 293 g/mol. The summed E-state index contributed by atoms with van der Waals surface area (Å²) < 4.78 is 4.91. The zero-order chi connectivity index (χ0) is 15.7. The Kier molecular flexibility index (Phi) is 6.81. The van der Waals surface area contributed by atoms with Crippen LogP contribution in [0, 0.1) is 5.41 Å². The Morgan fingerprint density at radius 1 is 1.19 bits per heavy atom. The average Bonchev–Trinajstić information content (AvgIpc) is 2.49. The van der Waals surface area contributed by atoms with Gasteiger partial charge in [-0.05, 0) is 38.0 Å². The summed E-state index contributed by atoms with van der Waals surface area (Å²) in [5, 5.41) is 5.52. The van der Waals surface area contributed by atoms with E-state index in [-0.39, 0.29) is 11.8 Å². The molecule has 0 radical (unpaired) electrons. The summed E-state index contributed by atoms with van der Waals surface area (Å²) in [6, 6.07) is 3.64. The molecule has 1 heterocycles. The number of ether oxygens (including phenoxy) is 1. The largest absolute Gasteiger partial charge is 0.385 e. The number of methoxy groups -OCH3 is 1. The van der Waals surface area contributed by atoms with Crippen molar-refractivity contribution in [3.8, 4) is 0 Å². The SMILES string of the molecule is COCCCNC(=O)C(C)(C)C(=O)NCc1ccncc1. The topological polar surface area (TPSA) is 80.3 Å². The van der Waals surface area contributed by atoms with Gasteiger partial charge in [0.1, 0.15) is 5.41 Å². The molecule has 21 heavy (non-hydrogen) atoms. The van der Waals surface area contributed by atoms with E-state index in [9.17, 15) is 9.59 Å². The Hall–Kier alpha value is -1.95. The van der Waals surface area contributed by atoms with Gasteiger partial charge in [0.05, 0.1) is 0 Å². The van der Waals surface area contributed by atoms with Crippen molar-refractivity contribution in [3.63, 3.8) is 0 Å². The predicted molar refractivity (Wildman–Crippen MR) is 79.4 cm³/mol. The minimum Gasteiger partial charge on any atom is -0.385 e. The van der Waals surface area contributed by atoms with E-state index in [1.807, 2.05) is 12.1 Å². The molecule has 0 unspecified atom stereocenters. The van der Waals surface area contributed by atoms with E-state index >= 15 is 0 Å². The number of hydrogen-bond donors (Lipinski definition) is 2. The number of aromatic nitrogens is 1. The molecular weight excluding hydrogens is 270 g/mol. The highest BCUT2D eigenvalue weighted by Crippen LogP contribution is 2.15. The number of amides is 2. The van der Waals surface area contributed by atoms with Gasteiger partial charge < -0.3 is 15.4 Å². The predicted octanol–water partition coefficient (Wildman–Crippen LogP) is 0.877. The lowest BCUT2D eigenvalue weighted by Gasteiger charge is -2.22. The smallest absolute Gasteiger partial charge is 0.235 e. The number of nitrogens with one attached hydrogen (secondary N) is 2. The first-order chi connectivity index (χ1) is 9.98. The van der Waals surface area contributed by atoms with Crippen molar-refractivity contribution in [2.24, 2.45) is 5.41 Å². The summed E-state index contributed by atoms with van der Waals surface area (Å²) in [4.78, 5) is 28.1. The molecule has 0 aromatic carbocycles. The third-order valence-corrected chi connectivity index (χ3v) is 3.15. The molecule has 1 rings (SSSR count). The van der Waals surface area contributed by atoms with E-state index in [1.54, 1.807) is 33.4 Å². The van der Waals surface area contributed by atoms with Gasteiger partial charge >= 0.3 is 0 Å². The van der Waals surface area contributed by atoms with Crippen molar-refractivity contribution >= 4 is 11.8 Å². The van der Waals surface area contributed by atoms with Gasteiger partial charge in [-0.15, -0.1) is 0 Å². The molecule has 1 aromatic rings. The van der Waals surface area contributed by atoms with Gasteiger partial charge in [0.15, 0.2) is 0 Å². The number of hydrogen-bond acceptors (Lipinski definition) is 4. The van der Waals surface area contributed by atoms with Crippen LogP contribution in [0.25, 0.3) is 0 Å². The van der Waals surface area contributed by atoms with E-state index in [0.717, 1.165) is 12.0 Å². The fourth-order valence-electron chi connectivity index (χ4n) is 1.65. The molecule has 6 heteroatoms. The normalized spacial score (nSPS) is 11.0.